The van der Waals surface area contributed by atoms with E-state index in [0.717, 1.165) is 81.7 Å². The third kappa shape index (κ3) is 10.4. The van der Waals surface area contributed by atoms with Gasteiger partial charge in [0.05, 0.1) is 36.2 Å². The number of piperidine rings is 2. The van der Waals surface area contributed by atoms with Crippen LogP contribution in [0, 0.1) is 0 Å². The number of anilines is 4. The number of aromatic nitrogens is 2. The molecule has 5 aliphatic rings. The number of hydrogen-bond donors (Lipinski definition) is 4. The summed E-state index contributed by atoms with van der Waals surface area (Å²) in [6.07, 6.45) is 7.18. The number of primary amides is 1. The Morgan fingerprint density at radius 3 is 2.33 bits per heavy atom. The second-order valence-electron chi connectivity index (χ2n) is 17.4. The molecule has 2 aromatic carbocycles. The first kappa shape index (κ1) is 46.2. The first-order valence-electron chi connectivity index (χ1n) is 23.3. The first-order valence-corrected chi connectivity index (χ1v) is 23.3. The molecule has 66 heavy (non-hydrogen) atoms. The van der Waals surface area contributed by atoms with Crippen LogP contribution >= 0.6 is 0 Å². The van der Waals surface area contributed by atoms with Crippen molar-refractivity contribution in [3.8, 4) is 11.5 Å². The van der Waals surface area contributed by atoms with Crippen LogP contribution in [0.1, 0.15) is 108 Å². The predicted octanol–water partition coefficient (Wildman–Crippen LogP) is 3.63. The highest BCUT2D eigenvalue weighted by atomic mass is 16.5. The zero-order valence-corrected chi connectivity index (χ0v) is 37.8. The number of ether oxygens (including phenoxy) is 3. The molecule has 19 nitrogen and oxygen atoms in total. The van der Waals surface area contributed by atoms with Gasteiger partial charge >= 0.3 is 0 Å². The monoisotopic (exact) mass is 908 g/mol. The van der Waals surface area contributed by atoms with Crippen LogP contribution in [0.15, 0.2) is 36.4 Å². The molecular weight excluding hydrogens is 849 g/mol. The van der Waals surface area contributed by atoms with E-state index in [1.54, 1.807) is 13.2 Å². The number of imide groups is 2. The second kappa shape index (κ2) is 20.9. The summed E-state index contributed by atoms with van der Waals surface area (Å²) >= 11 is 0. The minimum absolute atomic E-state index is 0.0605. The molecule has 4 saturated heterocycles. The maximum atomic E-state index is 13.1. The SMILES string of the molecule is CCc1nc(C(N)=O)c(Nc2ccc(N3CCC(N4CCN(C(=O)CCCCCOc5ccc6c(c5)C(=O)N(C5CCC(=O)NC5=O)C6=O)CC4)CC3)c(OC)c2)nc1NC1CCOCC1. The highest BCUT2D eigenvalue weighted by molar-refractivity contribution is 6.23. The van der Waals surface area contributed by atoms with Crippen LogP contribution in [0.4, 0.5) is 23.0 Å². The number of rotatable bonds is 17. The minimum atomic E-state index is -1.02. The van der Waals surface area contributed by atoms with Gasteiger partial charge in [0.2, 0.25) is 17.7 Å². The van der Waals surface area contributed by atoms with Crippen LogP contribution in [0.2, 0.25) is 0 Å². The van der Waals surface area contributed by atoms with Crippen molar-refractivity contribution in [3.05, 3.63) is 58.9 Å². The fourth-order valence-electron chi connectivity index (χ4n) is 9.53. The Morgan fingerprint density at radius 1 is 0.864 bits per heavy atom. The van der Waals surface area contributed by atoms with Crippen LogP contribution < -0.4 is 36.1 Å². The lowest BCUT2D eigenvalue weighted by atomic mass is 10.0. The molecule has 0 bridgehead atoms. The number of benzene rings is 2. The van der Waals surface area contributed by atoms with E-state index >= 15 is 0 Å². The molecule has 1 aromatic heterocycles. The number of piperazine rings is 1. The third-order valence-electron chi connectivity index (χ3n) is 13.2. The number of carbonyl (C=O) groups is 6. The second-order valence-corrected chi connectivity index (χ2v) is 17.4. The Balaban J connectivity index is 0.751. The smallest absolute Gasteiger partial charge is 0.271 e. The molecule has 8 rings (SSSR count). The molecule has 0 radical (unpaired) electrons. The third-order valence-corrected chi connectivity index (χ3v) is 13.2. The number of unbranched alkanes of at least 4 members (excludes halogenated alkanes) is 2. The molecule has 5 N–H and O–H groups in total. The molecule has 0 spiro atoms. The zero-order chi connectivity index (χ0) is 46.3. The number of carbonyl (C=O) groups excluding carboxylic acids is 6. The average Bonchev–Trinajstić information content (AvgIpc) is 3.57. The largest absolute Gasteiger partial charge is 0.495 e. The Hall–Kier alpha value is -6.34. The lowest BCUT2D eigenvalue weighted by Crippen LogP contribution is -2.54. The Labute approximate surface area is 384 Å². The van der Waals surface area contributed by atoms with Gasteiger partial charge in [0.25, 0.3) is 17.7 Å². The van der Waals surface area contributed by atoms with E-state index in [2.05, 4.69) is 30.7 Å². The molecule has 3 aromatic rings. The van der Waals surface area contributed by atoms with Crippen LogP contribution in [0.3, 0.4) is 0 Å². The number of hydrogen-bond acceptors (Lipinski definition) is 15. The van der Waals surface area contributed by atoms with E-state index in [1.807, 2.05) is 30.0 Å². The van der Waals surface area contributed by atoms with Gasteiger partial charge in [0.15, 0.2) is 17.3 Å². The molecular formula is C47H60N10O9. The van der Waals surface area contributed by atoms with Crippen molar-refractivity contribution < 1.29 is 43.0 Å². The summed E-state index contributed by atoms with van der Waals surface area (Å²) in [6.45, 7) is 8.55. The van der Waals surface area contributed by atoms with Gasteiger partial charge < -0.3 is 40.4 Å². The van der Waals surface area contributed by atoms with E-state index in [-0.39, 0.29) is 47.4 Å². The van der Waals surface area contributed by atoms with Gasteiger partial charge in [-0.25, -0.2) is 9.97 Å². The topological polar surface area (TPSA) is 231 Å². The van der Waals surface area contributed by atoms with Crippen LogP contribution in [-0.4, -0.2) is 144 Å². The predicted molar refractivity (Wildman–Crippen MR) is 244 cm³/mol. The fraction of sp³-hybridized carbons (Fsp3) is 0.532. The number of nitrogens with zero attached hydrogens (tertiary/aromatic N) is 6. The number of fused-ring (bicyclic) bond motifs is 1. The molecule has 6 amide bonds. The van der Waals surface area contributed by atoms with E-state index in [9.17, 15) is 28.8 Å². The van der Waals surface area contributed by atoms with Gasteiger partial charge in [0, 0.05) is 89.2 Å². The van der Waals surface area contributed by atoms with E-state index < -0.39 is 35.6 Å². The summed E-state index contributed by atoms with van der Waals surface area (Å²) < 4.78 is 17.3. The van der Waals surface area contributed by atoms with Crippen molar-refractivity contribution in [3.63, 3.8) is 0 Å². The van der Waals surface area contributed by atoms with Gasteiger partial charge in [-0.05, 0) is 88.1 Å². The van der Waals surface area contributed by atoms with Crippen LogP contribution in [0.5, 0.6) is 11.5 Å². The maximum Gasteiger partial charge on any atom is 0.271 e. The molecule has 0 saturated carbocycles. The standard InChI is InChI=1S/C47H60N10O9/c1-3-35-43(49-29-16-25-65-26-17-29)53-44(41(51-35)42(48)60)50-30-8-11-36(38(27-30)64-2)55-18-14-31(15-19-55)54-20-22-56(23-21-54)40(59)7-5-4-6-24-66-32-9-10-33-34(28-32)47(63)57(46(33)62)37-12-13-39(58)52-45(37)61/h8-11,27-29,31,37H,3-7,12-26H2,1-2H3,(H2,48,60)(H2,49,50,53)(H,52,58,61). The Morgan fingerprint density at radius 2 is 1.62 bits per heavy atom. The minimum Gasteiger partial charge on any atom is -0.495 e. The first-order chi connectivity index (χ1) is 32.0. The molecule has 1 atom stereocenters. The molecule has 4 fully saturated rings. The summed E-state index contributed by atoms with van der Waals surface area (Å²) in [5, 5.41) is 8.99. The Bertz CT molecular complexity index is 2320. The summed E-state index contributed by atoms with van der Waals surface area (Å²) in [4.78, 5) is 92.8. The van der Waals surface area contributed by atoms with Crippen molar-refractivity contribution >= 4 is 58.5 Å². The number of nitrogens with two attached hydrogens (primary N) is 1. The molecule has 352 valence electrons. The van der Waals surface area contributed by atoms with Crippen molar-refractivity contribution in [2.45, 2.75) is 95.7 Å². The highest BCUT2D eigenvalue weighted by Gasteiger charge is 2.45. The van der Waals surface area contributed by atoms with Crippen molar-refractivity contribution in [2.75, 3.05) is 81.7 Å². The number of aryl methyl sites for hydroxylation is 1. The van der Waals surface area contributed by atoms with E-state index in [0.29, 0.717) is 80.5 Å². The Kier molecular flexibility index (Phi) is 14.6. The number of methoxy groups -OCH3 is 1. The fourth-order valence-corrected chi connectivity index (χ4v) is 9.53. The molecule has 1 unspecified atom stereocenters. The van der Waals surface area contributed by atoms with Gasteiger partial charge in [-0.2, -0.15) is 0 Å². The number of amides is 6. The van der Waals surface area contributed by atoms with Crippen molar-refractivity contribution in [2.24, 2.45) is 5.73 Å². The molecule has 19 heteroatoms. The summed E-state index contributed by atoms with van der Waals surface area (Å²) in [6, 6.07) is 10.2. The molecule has 5 aliphatic heterocycles. The summed E-state index contributed by atoms with van der Waals surface area (Å²) in [7, 11) is 1.65. The van der Waals surface area contributed by atoms with Crippen molar-refractivity contribution in [1.29, 1.82) is 0 Å². The lowest BCUT2D eigenvalue weighted by Gasteiger charge is -2.43. The molecule has 6 heterocycles. The van der Waals surface area contributed by atoms with E-state index in [1.165, 1.54) is 12.1 Å². The van der Waals surface area contributed by atoms with Crippen LogP contribution in [-0.2, 0) is 25.5 Å². The quantitative estimate of drug-likeness (QED) is 0.112. The zero-order valence-electron chi connectivity index (χ0n) is 37.8. The summed E-state index contributed by atoms with van der Waals surface area (Å²) in [5.41, 5.74) is 8.60. The normalized spacial score (nSPS) is 19.7. The summed E-state index contributed by atoms with van der Waals surface area (Å²) in [5.74, 6) is -0.619. The lowest BCUT2D eigenvalue weighted by molar-refractivity contribution is -0.136. The molecule has 0 aliphatic carbocycles. The van der Waals surface area contributed by atoms with E-state index in [4.69, 9.17) is 24.9 Å². The van der Waals surface area contributed by atoms with Crippen molar-refractivity contribution in [1.82, 2.24) is 30.0 Å². The van der Waals surface area contributed by atoms with Gasteiger partial charge in [-0.1, -0.05) is 6.92 Å². The average molecular weight is 909 g/mol. The van der Waals surface area contributed by atoms with Gasteiger partial charge in [0.1, 0.15) is 17.5 Å². The van der Waals surface area contributed by atoms with Gasteiger partial charge in [-0.3, -0.25) is 43.9 Å². The number of nitrogens with one attached hydrogen (secondary N) is 3. The van der Waals surface area contributed by atoms with Gasteiger partial charge in [-0.15, -0.1) is 0 Å². The highest BCUT2D eigenvalue weighted by Crippen LogP contribution is 2.36. The van der Waals surface area contributed by atoms with Crippen LogP contribution in [0.25, 0.3) is 0 Å². The maximum absolute atomic E-state index is 13.1.